The molecule has 2 heterocycles. The number of fused-ring (bicyclic) bond motifs is 1. The van der Waals surface area contributed by atoms with Crippen molar-refractivity contribution in [1.29, 1.82) is 0 Å². The van der Waals surface area contributed by atoms with Crippen molar-refractivity contribution in [3.05, 3.63) is 108 Å². The number of rotatable bonds is 3. The highest BCUT2D eigenvalue weighted by Crippen LogP contribution is 2.34. The molecule has 5 heteroatoms. The van der Waals surface area contributed by atoms with Crippen LogP contribution in [0, 0.1) is 0 Å². The summed E-state index contributed by atoms with van der Waals surface area (Å²) in [6.07, 6.45) is 0. The normalized spacial score (nSPS) is 13.4. The van der Waals surface area contributed by atoms with Gasteiger partial charge in [0.2, 0.25) is 5.95 Å². The molecule has 0 unspecified atom stereocenters. The van der Waals surface area contributed by atoms with Gasteiger partial charge in [0.05, 0.1) is 17.6 Å². The van der Waals surface area contributed by atoms with Crippen molar-refractivity contribution in [3.63, 3.8) is 0 Å². The van der Waals surface area contributed by atoms with E-state index in [1.807, 2.05) is 83.4 Å². The van der Waals surface area contributed by atoms with Crippen molar-refractivity contribution < 1.29 is 9.59 Å². The molecular weight excluding hydrogens is 386 g/mol. The van der Waals surface area contributed by atoms with Crippen LogP contribution in [0.4, 0.5) is 5.95 Å². The number of nitrogens with zero attached hydrogens (tertiary/aromatic N) is 3. The lowest BCUT2D eigenvalue weighted by atomic mass is 9.94. The third kappa shape index (κ3) is 2.60. The minimum absolute atomic E-state index is 0.339. The standard InChI is InChI=1S/C26H17N3O2/c30-24-19-12-6-10-18-11-7-13-20(23(18)19)25(31)29(24)26-27-21-14-4-5-15-22(21)28(26)16-17-8-2-1-3-9-17/h1-15H,16H2. The maximum Gasteiger partial charge on any atom is 0.268 e. The van der Waals surface area contributed by atoms with Gasteiger partial charge in [-0.1, -0.05) is 66.7 Å². The summed E-state index contributed by atoms with van der Waals surface area (Å²) in [4.78, 5) is 33.0. The van der Waals surface area contributed by atoms with Gasteiger partial charge in [0.25, 0.3) is 11.8 Å². The molecule has 1 aliphatic rings. The van der Waals surface area contributed by atoms with Gasteiger partial charge in [-0.15, -0.1) is 0 Å². The molecule has 0 bridgehead atoms. The quantitative estimate of drug-likeness (QED) is 0.397. The van der Waals surface area contributed by atoms with E-state index in [2.05, 4.69) is 0 Å². The zero-order valence-electron chi connectivity index (χ0n) is 16.5. The number of hydrogen-bond donors (Lipinski definition) is 0. The van der Waals surface area contributed by atoms with Gasteiger partial charge in [-0.25, -0.2) is 9.88 Å². The molecule has 0 aliphatic carbocycles. The first kappa shape index (κ1) is 17.6. The van der Waals surface area contributed by atoms with E-state index in [1.54, 1.807) is 12.1 Å². The number of carbonyl (C=O) groups excluding carboxylic acids is 2. The molecule has 2 amide bonds. The Morgan fingerprint density at radius 3 is 2.03 bits per heavy atom. The summed E-state index contributed by atoms with van der Waals surface area (Å²) < 4.78 is 1.94. The summed E-state index contributed by atoms with van der Waals surface area (Å²) in [6.45, 7) is 0.500. The Morgan fingerprint density at radius 1 is 0.677 bits per heavy atom. The SMILES string of the molecule is O=C1c2cccc3cccc(c23)C(=O)N1c1nc2ccccc2n1Cc1ccccc1. The Bertz CT molecular complexity index is 1450. The first-order valence-corrected chi connectivity index (χ1v) is 10.1. The number of para-hydroxylation sites is 2. The smallest absolute Gasteiger partial charge is 0.268 e. The van der Waals surface area contributed by atoms with E-state index in [0.717, 1.165) is 22.0 Å². The van der Waals surface area contributed by atoms with E-state index in [0.29, 0.717) is 29.0 Å². The molecule has 0 fully saturated rings. The fraction of sp³-hybridized carbons (Fsp3) is 0.0385. The van der Waals surface area contributed by atoms with E-state index in [4.69, 9.17) is 4.98 Å². The minimum Gasteiger partial charge on any atom is -0.305 e. The van der Waals surface area contributed by atoms with E-state index >= 15 is 0 Å². The molecule has 0 saturated carbocycles. The van der Waals surface area contributed by atoms with Gasteiger partial charge >= 0.3 is 0 Å². The largest absolute Gasteiger partial charge is 0.305 e. The predicted octanol–water partition coefficient (Wildman–Crippen LogP) is 5.04. The van der Waals surface area contributed by atoms with Crippen LogP contribution in [0.1, 0.15) is 26.3 Å². The fourth-order valence-corrected chi connectivity index (χ4v) is 4.37. The predicted molar refractivity (Wildman–Crippen MR) is 120 cm³/mol. The Labute approximate surface area is 178 Å². The topological polar surface area (TPSA) is 55.2 Å². The number of carbonyl (C=O) groups is 2. The van der Waals surface area contributed by atoms with Crippen LogP contribution in [0.5, 0.6) is 0 Å². The highest BCUT2D eigenvalue weighted by atomic mass is 16.2. The van der Waals surface area contributed by atoms with Crippen molar-refractivity contribution in [2.75, 3.05) is 4.90 Å². The summed E-state index contributed by atoms with van der Waals surface area (Å²) >= 11 is 0. The second-order valence-corrected chi connectivity index (χ2v) is 7.63. The van der Waals surface area contributed by atoms with Crippen LogP contribution in [0.2, 0.25) is 0 Å². The zero-order chi connectivity index (χ0) is 20.9. The van der Waals surface area contributed by atoms with E-state index < -0.39 is 0 Å². The molecular formula is C26H17N3O2. The Hall–Kier alpha value is -4.25. The van der Waals surface area contributed by atoms with Crippen LogP contribution in [0.3, 0.4) is 0 Å². The lowest BCUT2D eigenvalue weighted by molar-refractivity contribution is 0.0890. The minimum atomic E-state index is -0.348. The molecule has 0 saturated heterocycles. The average Bonchev–Trinajstić information content (AvgIpc) is 3.16. The molecule has 0 spiro atoms. The zero-order valence-corrected chi connectivity index (χ0v) is 16.5. The molecule has 5 nitrogen and oxygen atoms in total. The molecule has 4 aromatic carbocycles. The Morgan fingerprint density at radius 2 is 1.32 bits per heavy atom. The fourth-order valence-electron chi connectivity index (χ4n) is 4.37. The molecule has 148 valence electrons. The third-order valence-corrected chi connectivity index (χ3v) is 5.79. The first-order valence-electron chi connectivity index (χ1n) is 10.1. The maximum absolute atomic E-state index is 13.5. The lowest BCUT2D eigenvalue weighted by Gasteiger charge is -2.27. The van der Waals surface area contributed by atoms with Crippen LogP contribution in [-0.2, 0) is 6.54 Å². The highest BCUT2D eigenvalue weighted by Gasteiger charge is 2.36. The molecule has 0 atom stereocenters. The number of benzene rings is 4. The number of amides is 2. The molecule has 31 heavy (non-hydrogen) atoms. The van der Waals surface area contributed by atoms with Crippen molar-refractivity contribution in [3.8, 4) is 0 Å². The molecule has 1 aliphatic heterocycles. The molecule has 5 aromatic rings. The third-order valence-electron chi connectivity index (χ3n) is 5.79. The summed E-state index contributed by atoms with van der Waals surface area (Å²) in [6, 6.07) is 28.7. The van der Waals surface area contributed by atoms with Crippen LogP contribution >= 0.6 is 0 Å². The first-order chi connectivity index (χ1) is 15.2. The molecule has 0 radical (unpaired) electrons. The molecule has 6 rings (SSSR count). The van der Waals surface area contributed by atoms with Crippen molar-refractivity contribution in [2.24, 2.45) is 0 Å². The van der Waals surface area contributed by atoms with Crippen LogP contribution < -0.4 is 4.90 Å². The second kappa shape index (κ2) is 6.64. The number of imidazole rings is 1. The average molecular weight is 403 g/mol. The van der Waals surface area contributed by atoms with Gasteiger partial charge in [-0.2, -0.15) is 0 Å². The number of anilines is 1. The Balaban J connectivity index is 1.58. The Kier molecular flexibility index (Phi) is 3.77. The van der Waals surface area contributed by atoms with E-state index in [1.165, 1.54) is 4.90 Å². The van der Waals surface area contributed by atoms with Gasteiger partial charge in [0, 0.05) is 16.5 Å². The second-order valence-electron chi connectivity index (χ2n) is 7.63. The summed E-state index contributed by atoms with van der Waals surface area (Å²) in [5, 5.41) is 1.59. The highest BCUT2D eigenvalue weighted by molar-refractivity contribution is 6.35. The molecule has 0 N–H and O–H groups in total. The summed E-state index contributed by atoms with van der Waals surface area (Å²) in [5.74, 6) is -0.357. The van der Waals surface area contributed by atoms with Gasteiger partial charge in [0.15, 0.2) is 0 Å². The van der Waals surface area contributed by atoms with Crippen LogP contribution in [-0.4, -0.2) is 21.4 Å². The number of hydrogen-bond acceptors (Lipinski definition) is 3. The maximum atomic E-state index is 13.5. The van der Waals surface area contributed by atoms with Gasteiger partial charge < -0.3 is 4.57 Å². The van der Waals surface area contributed by atoms with E-state index in [-0.39, 0.29) is 11.8 Å². The number of imide groups is 1. The summed E-state index contributed by atoms with van der Waals surface area (Å²) in [7, 11) is 0. The molecule has 1 aromatic heterocycles. The van der Waals surface area contributed by atoms with Gasteiger partial charge in [-0.3, -0.25) is 9.59 Å². The van der Waals surface area contributed by atoms with Crippen molar-refractivity contribution in [2.45, 2.75) is 6.54 Å². The van der Waals surface area contributed by atoms with Crippen molar-refractivity contribution in [1.82, 2.24) is 9.55 Å². The summed E-state index contributed by atoms with van der Waals surface area (Å²) in [5.41, 5.74) is 3.72. The van der Waals surface area contributed by atoms with E-state index in [9.17, 15) is 9.59 Å². The number of aromatic nitrogens is 2. The lowest BCUT2D eigenvalue weighted by Crippen LogP contribution is -2.42. The van der Waals surface area contributed by atoms with Crippen LogP contribution in [0.15, 0.2) is 91.0 Å². The van der Waals surface area contributed by atoms with Crippen LogP contribution in [0.25, 0.3) is 21.8 Å². The van der Waals surface area contributed by atoms with Gasteiger partial charge in [0.1, 0.15) is 0 Å². The monoisotopic (exact) mass is 403 g/mol. The van der Waals surface area contributed by atoms with Gasteiger partial charge in [-0.05, 0) is 35.2 Å². The van der Waals surface area contributed by atoms with Crippen molar-refractivity contribution >= 4 is 39.6 Å².